The number of carboxylic acids is 1. The molecule has 2 aromatic carbocycles. The highest BCUT2D eigenvalue weighted by Crippen LogP contribution is 2.26. The Morgan fingerprint density at radius 2 is 1.80 bits per heavy atom. The minimum atomic E-state index is -0.921. The van der Waals surface area contributed by atoms with Crippen LogP contribution in [0.4, 0.5) is 5.69 Å². The van der Waals surface area contributed by atoms with Crippen LogP contribution in [0.3, 0.4) is 0 Å². The molecule has 0 saturated carbocycles. The minimum absolute atomic E-state index is 0.00162. The first kappa shape index (κ1) is 18.9. The molecule has 0 aliphatic carbocycles. The first-order valence-corrected chi connectivity index (χ1v) is 8.73. The summed E-state index contributed by atoms with van der Waals surface area (Å²) in [6, 6.07) is 13.1. The standard InChI is InChI=1S/C20H26N2O3/c1-4-14(3)19(20(24)25)21-13-18(23)22(5-2)17-12-8-10-15-9-6-7-11-16(15)17/h6-12,14,19,21H,4-5,13H2,1-3H3,(H,24,25)/t14-,19-/m0/s1. The number of carbonyl (C=O) groups excluding carboxylic acids is 1. The largest absolute Gasteiger partial charge is 0.480 e. The van der Waals surface area contributed by atoms with E-state index in [0.717, 1.165) is 22.9 Å². The van der Waals surface area contributed by atoms with Crippen LogP contribution in [0.15, 0.2) is 42.5 Å². The van der Waals surface area contributed by atoms with E-state index in [1.54, 1.807) is 4.90 Å². The zero-order valence-corrected chi connectivity index (χ0v) is 15.0. The van der Waals surface area contributed by atoms with Gasteiger partial charge in [-0.05, 0) is 24.3 Å². The lowest BCUT2D eigenvalue weighted by Crippen LogP contribution is -2.47. The lowest BCUT2D eigenvalue weighted by Gasteiger charge is -2.25. The van der Waals surface area contributed by atoms with E-state index in [1.165, 1.54) is 0 Å². The van der Waals surface area contributed by atoms with Gasteiger partial charge in [-0.2, -0.15) is 0 Å². The molecule has 0 aliphatic heterocycles. The Morgan fingerprint density at radius 1 is 1.12 bits per heavy atom. The number of hydrogen-bond acceptors (Lipinski definition) is 3. The molecule has 0 unspecified atom stereocenters. The fourth-order valence-corrected chi connectivity index (χ4v) is 2.99. The minimum Gasteiger partial charge on any atom is -0.480 e. The highest BCUT2D eigenvalue weighted by Gasteiger charge is 2.25. The van der Waals surface area contributed by atoms with Crippen molar-refractivity contribution < 1.29 is 14.7 Å². The van der Waals surface area contributed by atoms with Crippen molar-refractivity contribution in [3.05, 3.63) is 42.5 Å². The molecule has 5 nitrogen and oxygen atoms in total. The summed E-state index contributed by atoms with van der Waals surface area (Å²) in [4.78, 5) is 25.8. The van der Waals surface area contributed by atoms with Gasteiger partial charge in [-0.1, -0.05) is 56.7 Å². The van der Waals surface area contributed by atoms with Gasteiger partial charge in [0.25, 0.3) is 0 Å². The van der Waals surface area contributed by atoms with E-state index in [-0.39, 0.29) is 18.4 Å². The van der Waals surface area contributed by atoms with E-state index >= 15 is 0 Å². The molecule has 0 spiro atoms. The van der Waals surface area contributed by atoms with E-state index in [0.29, 0.717) is 6.54 Å². The number of hydrogen-bond donors (Lipinski definition) is 2. The van der Waals surface area contributed by atoms with Gasteiger partial charge in [0.05, 0.1) is 12.2 Å². The van der Waals surface area contributed by atoms with Crippen LogP contribution in [0.5, 0.6) is 0 Å². The molecule has 25 heavy (non-hydrogen) atoms. The lowest BCUT2D eigenvalue weighted by molar-refractivity contribution is -0.140. The number of rotatable bonds is 8. The number of carboxylic acid groups (broad SMARTS) is 1. The van der Waals surface area contributed by atoms with Gasteiger partial charge < -0.3 is 10.0 Å². The normalized spacial score (nSPS) is 13.4. The van der Waals surface area contributed by atoms with Crippen molar-refractivity contribution in [3.63, 3.8) is 0 Å². The summed E-state index contributed by atoms with van der Waals surface area (Å²) in [7, 11) is 0. The molecule has 0 saturated heterocycles. The number of carbonyl (C=O) groups is 2. The van der Waals surface area contributed by atoms with Crippen molar-refractivity contribution in [2.24, 2.45) is 5.92 Å². The van der Waals surface area contributed by atoms with Crippen LogP contribution >= 0.6 is 0 Å². The molecular formula is C20H26N2O3. The van der Waals surface area contributed by atoms with Crippen LogP contribution < -0.4 is 10.2 Å². The first-order valence-electron chi connectivity index (χ1n) is 8.73. The quantitative estimate of drug-likeness (QED) is 0.772. The van der Waals surface area contributed by atoms with Gasteiger partial charge in [-0.25, -0.2) is 0 Å². The fraction of sp³-hybridized carbons (Fsp3) is 0.400. The maximum Gasteiger partial charge on any atom is 0.320 e. The maximum atomic E-state index is 12.7. The van der Waals surface area contributed by atoms with Gasteiger partial charge >= 0.3 is 5.97 Å². The monoisotopic (exact) mass is 342 g/mol. The van der Waals surface area contributed by atoms with Gasteiger partial charge in [0.1, 0.15) is 6.04 Å². The summed E-state index contributed by atoms with van der Waals surface area (Å²) in [5.41, 5.74) is 0.850. The molecule has 2 rings (SSSR count). The predicted octanol–water partition coefficient (Wildman–Crippen LogP) is 3.28. The molecule has 0 heterocycles. The Hall–Kier alpha value is -2.40. The number of nitrogens with one attached hydrogen (secondary N) is 1. The Kier molecular flexibility index (Phi) is 6.53. The molecule has 0 fully saturated rings. The third kappa shape index (κ3) is 4.37. The van der Waals surface area contributed by atoms with Crippen molar-refractivity contribution in [2.45, 2.75) is 33.2 Å². The van der Waals surface area contributed by atoms with Crippen LogP contribution in [0.2, 0.25) is 0 Å². The topological polar surface area (TPSA) is 69.6 Å². The highest BCUT2D eigenvalue weighted by molar-refractivity contribution is 6.04. The van der Waals surface area contributed by atoms with Gasteiger partial charge in [-0.15, -0.1) is 0 Å². The van der Waals surface area contributed by atoms with Crippen LogP contribution in [0.25, 0.3) is 10.8 Å². The molecule has 0 aromatic heterocycles. The van der Waals surface area contributed by atoms with Crippen LogP contribution in [-0.4, -0.2) is 36.1 Å². The second-order valence-electron chi connectivity index (χ2n) is 6.22. The smallest absolute Gasteiger partial charge is 0.320 e. The molecule has 2 atom stereocenters. The number of amides is 1. The van der Waals surface area contributed by atoms with Crippen molar-refractivity contribution in [3.8, 4) is 0 Å². The second-order valence-corrected chi connectivity index (χ2v) is 6.22. The molecular weight excluding hydrogens is 316 g/mol. The van der Waals surface area contributed by atoms with Gasteiger partial charge in [0.2, 0.25) is 5.91 Å². The van der Waals surface area contributed by atoms with E-state index in [9.17, 15) is 14.7 Å². The number of nitrogens with zero attached hydrogens (tertiary/aromatic N) is 1. The summed E-state index contributed by atoms with van der Waals surface area (Å²) in [5, 5.41) is 14.3. The maximum absolute atomic E-state index is 12.7. The van der Waals surface area contributed by atoms with Gasteiger partial charge in [-0.3, -0.25) is 14.9 Å². The van der Waals surface area contributed by atoms with E-state index in [1.807, 2.05) is 63.2 Å². The summed E-state index contributed by atoms with van der Waals surface area (Å²) in [5.74, 6) is -1.10. The summed E-state index contributed by atoms with van der Waals surface area (Å²) in [6.07, 6.45) is 0.735. The second kappa shape index (κ2) is 8.62. The third-order valence-electron chi connectivity index (χ3n) is 4.63. The number of benzene rings is 2. The third-order valence-corrected chi connectivity index (χ3v) is 4.63. The Labute approximate surface area is 148 Å². The van der Waals surface area contributed by atoms with E-state index in [2.05, 4.69) is 5.32 Å². The molecule has 2 aromatic rings. The van der Waals surface area contributed by atoms with Crippen molar-refractivity contribution in [2.75, 3.05) is 18.0 Å². The molecule has 2 N–H and O–H groups in total. The molecule has 0 radical (unpaired) electrons. The van der Waals surface area contributed by atoms with E-state index in [4.69, 9.17) is 0 Å². The average molecular weight is 342 g/mol. The summed E-state index contributed by atoms with van der Waals surface area (Å²) in [6.45, 7) is 6.26. The molecule has 0 bridgehead atoms. The highest BCUT2D eigenvalue weighted by atomic mass is 16.4. The summed E-state index contributed by atoms with van der Waals surface area (Å²) < 4.78 is 0. The number of fused-ring (bicyclic) bond motifs is 1. The van der Waals surface area contributed by atoms with E-state index < -0.39 is 12.0 Å². The Balaban J connectivity index is 2.19. The van der Waals surface area contributed by atoms with Crippen LogP contribution in [-0.2, 0) is 9.59 Å². The zero-order valence-electron chi connectivity index (χ0n) is 15.0. The number of anilines is 1. The van der Waals surface area contributed by atoms with Crippen molar-refractivity contribution >= 4 is 28.3 Å². The number of aliphatic carboxylic acids is 1. The van der Waals surface area contributed by atoms with Crippen LogP contribution in [0.1, 0.15) is 27.2 Å². The summed E-state index contributed by atoms with van der Waals surface area (Å²) >= 11 is 0. The molecule has 5 heteroatoms. The zero-order chi connectivity index (χ0) is 18.4. The Bertz CT molecular complexity index is 739. The van der Waals surface area contributed by atoms with Crippen molar-refractivity contribution in [1.29, 1.82) is 0 Å². The van der Waals surface area contributed by atoms with Crippen LogP contribution in [0, 0.1) is 5.92 Å². The van der Waals surface area contributed by atoms with Crippen molar-refractivity contribution in [1.82, 2.24) is 5.32 Å². The predicted molar refractivity (Wildman–Crippen MR) is 101 cm³/mol. The Morgan fingerprint density at radius 3 is 2.44 bits per heavy atom. The molecule has 1 amide bonds. The molecule has 134 valence electrons. The fourth-order valence-electron chi connectivity index (χ4n) is 2.99. The van der Waals surface area contributed by atoms with Gasteiger partial charge in [0, 0.05) is 11.9 Å². The number of likely N-dealkylation sites (N-methyl/N-ethyl adjacent to an activating group) is 1. The average Bonchev–Trinajstić information content (AvgIpc) is 2.62. The SMILES string of the molecule is CC[C@H](C)[C@H](NCC(=O)N(CC)c1cccc2ccccc12)C(=O)O. The lowest BCUT2D eigenvalue weighted by atomic mass is 9.99. The first-order chi connectivity index (χ1) is 12.0. The molecule has 0 aliphatic rings. The van der Waals surface area contributed by atoms with Gasteiger partial charge in [0.15, 0.2) is 0 Å².